The number of hydrogen-bond acceptors (Lipinski definition) is 4. The Morgan fingerprint density at radius 2 is 1.59 bits per heavy atom. The van der Waals surface area contributed by atoms with Gasteiger partial charge in [0.2, 0.25) is 0 Å². The van der Waals surface area contributed by atoms with Crippen LogP contribution >= 0.6 is 0 Å². The van der Waals surface area contributed by atoms with Crippen LogP contribution in [0.15, 0.2) is 18.2 Å². The summed E-state index contributed by atoms with van der Waals surface area (Å²) in [5.74, 6) is 1.67. The summed E-state index contributed by atoms with van der Waals surface area (Å²) in [5.41, 5.74) is 1.24. The molecule has 0 spiro atoms. The molecule has 1 aromatic rings. The van der Waals surface area contributed by atoms with Crippen molar-refractivity contribution in [3.63, 3.8) is 0 Å². The summed E-state index contributed by atoms with van der Waals surface area (Å²) in [5, 5.41) is 3.58. The maximum atomic E-state index is 5.84. The molecule has 0 atom stereocenters. The molecule has 0 unspecified atom stereocenters. The number of ether oxygens (including phenoxy) is 2. The molecule has 156 valence electrons. The molecular formula is C23H42N2O2. The molecule has 0 fully saturated rings. The average molecular weight is 379 g/mol. The molecule has 0 aromatic heterocycles. The largest absolute Gasteiger partial charge is 0.490 e. The van der Waals surface area contributed by atoms with Crippen LogP contribution in [0, 0.1) is 0 Å². The fourth-order valence-corrected chi connectivity index (χ4v) is 3.04. The zero-order valence-electron chi connectivity index (χ0n) is 18.4. The van der Waals surface area contributed by atoms with Gasteiger partial charge >= 0.3 is 0 Å². The Hall–Kier alpha value is -1.26. The molecule has 0 heterocycles. The van der Waals surface area contributed by atoms with E-state index in [9.17, 15) is 0 Å². The van der Waals surface area contributed by atoms with Gasteiger partial charge in [-0.25, -0.2) is 0 Å². The minimum atomic E-state index is 0.150. The summed E-state index contributed by atoms with van der Waals surface area (Å²) < 4.78 is 11.6. The van der Waals surface area contributed by atoms with E-state index in [1.807, 2.05) is 26.8 Å². The summed E-state index contributed by atoms with van der Waals surface area (Å²) in [6.07, 6.45) is 6.51. The third-order valence-electron chi connectivity index (χ3n) is 4.48. The highest BCUT2D eigenvalue weighted by molar-refractivity contribution is 5.43. The minimum Gasteiger partial charge on any atom is -0.490 e. The summed E-state index contributed by atoms with van der Waals surface area (Å²) in [4.78, 5) is 2.62. The molecule has 0 radical (unpaired) electrons. The highest BCUT2D eigenvalue weighted by Crippen LogP contribution is 2.29. The second-order valence-corrected chi connectivity index (χ2v) is 7.46. The van der Waals surface area contributed by atoms with Gasteiger partial charge in [0.15, 0.2) is 11.5 Å². The van der Waals surface area contributed by atoms with Crippen molar-refractivity contribution in [2.24, 2.45) is 0 Å². The lowest BCUT2D eigenvalue weighted by molar-refractivity contribution is 0.223. The van der Waals surface area contributed by atoms with Crippen LogP contribution < -0.4 is 14.8 Å². The van der Waals surface area contributed by atoms with Crippen molar-refractivity contribution >= 4 is 0 Å². The lowest BCUT2D eigenvalue weighted by atomic mass is 10.2. The van der Waals surface area contributed by atoms with Crippen LogP contribution in [0.4, 0.5) is 0 Å². The van der Waals surface area contributed by atoms with Crippen LogP contribution in [-0.4, -0.2) is 43.8 Å². The molecule has 0 amide bonds. The maximum Gasteiger partial charge on any atom is 0.161 e. The van der Waals surface area contributed by atoms with Crippen LogP contribution in [0.1, 0.15) is 72.3 Å². The van der Waals surface area contributed by atoms with Crippen LogP contribution in [-0.2, 0) is 6.54 Å². The molecular weight excluding hydrogens is 336 g/mol. The molecule has 0 bridgehead atoms. The first-order valence-corrected chi connectivity index (χ1v) is 11.0. The van der Waals surface area contributed by atoms with Crippen LogP contribution in [0.3, 0.4) is 0 Å². The maximum absolute atomic E-state index is 5.84. The Balaban J connectivity index is 2.40. The van der Waals surface area contributed by atoms with Crippen LogP contribution in [0.5, 0.6) is 11.5 Å². The van der Waals surface area contributed by atoms with E-state index in [0.717, 1.165) is 24.6 Å². The summed E-state index contributed by atoms with van der Waals surface area (Å²) in [7, 11) is 0. The van der Waals surface area contributed by atoms with Crippen molar-refractivity contribution in [3.8, 4) is 11.5 Å². The lowest BCUT2D eigenvalue weighted by Crippen LogP contribution is -2.29. The number of rotatable bonds is 16. The van der Waals surface area contributed by atoms with E-state index in [0.29, 0.717) is 6.61 Å². The number of unbranched alkanes of at least 4 members (excludes halogenated alkanes) is 2. The Morgan fingerprint density at radius 1 is 0.926 bits per heavy atom. The van der Waals surface area contributed by atoms with E-state index >= 15 is 0 Å². The van der Waals surface area contributed by atoms with Crippen LogP contribution in [0.2, 0.25) is 0 Å². The molecule has 0 aliphatic heterocycles. The first-order valence-electron chi connectivity index (χ1n) is 11.0. The van der Waals surface area contributed by atoms with Crippen LogP contribution in [0.25, 0.3) is 0 Å². The van der Waals surface area contributed by atoms with E-state index in [2.05, 4.69) is 36.2 Å². The van der Waals surface area contributed by atoms with E-state index in [-0.39, 0.29) is 6.10 Å². The van der Waals surface area contributed by atoms with Gasteiger partial charge in [-0.3, -0.25) is 0 Å². The number of hydrogen-bond donors (Lipinski definition) is 1. The predicted octanol–water partition coefficient (Wildman–Crippen LogP) is 5.25. The zero-order chi connectivity index (χ0) is 19.9. The molecule has 4 heteroatoms. The van der Waals surface area contributed by atoms with Crippen molar-refractivity contribution in [2.45, 2.75) is 79.4 Å². The molecule has 27 heavy (non-hydrogen) atoms. The first-order chi connectivity index (χ1) is 13.1. The van der Waals surface area contributed by atoms with Gasteiger partial charge in [0.25, 0.3) is 0 Å². The highest BCUT2D eigenvalue weighted by Gasteiger charge is 2.08. The van der Waals surface area contributed by atoms with E-state index in [1.54, 1.807) is 0 Å². The molecule has 1 rings (SSSR count). The van der Waals surface area contributed by atoms with E-state index in [4.69, 9.17) is 9.47 Å². The van der Waals surface area contributed by atoms with Crippen molar-refractivity contribution in [1.29, 1.82) is 0 Å². The van der Waals surface area contributed by atoms with Gasteiger partial charge in [0.1, 0.15) is 0 Å². The van der Waals surface area contributed by atoms with Gasteiger partial charge in [-0.15, -0.1) is 0 Å². The topological polar surface area (TPSA) is 33.7 Å². The Labute approximate surface area is 167 Å². The van der Waals surface area contributed by atoms with Crippen molar-refractivity contribution < 1.29 is 9.47 Å². The highest BCUT2D eigenvalue weighted by atomic mass is 16.5. The van der Waals surface area contributed by atoms with Gasteiger partial charge in [-0.2, -0.15) is 0 Å². The normalized spacial score (nSPS) is 11.4. The second kappa shape index (κ2) is 14.8. The first kappa shape index (κ1) is 23.8. The number of benzene rings is 1. The van der Waals surface area contributed by atoms with E-state index < -0.39 is 0 Å². The fraction of sp³-hybridized carbons (Fsp3) is 0.739. The van der Waals surface area contributed by atoms with Crippen molar-refractivity contribution in [3.05, 3.63) is 23.8 Å². The van der Waals surface area contributed by atoms with E-state index in [1.165, 1.54) is 57.3 Å². The lowest BCUT2D eigenvalue weighted by Gasteiger charge is -2.22. The van der Waals surface area contributed by atoms with Crippen molar-refractivity contribution in [2.75, 3.05) is 32.8 Å². The third kappa shape index (κ3) is 10.6. The molecule has 4 nitrogen and oxygen atoms in total. The molecule has 1 aromatic carbocycles. The van der Waals surface area contributed by atoms with Gasteiger partial charge in [-0.05, 0) is 83.9 Å². The minimum absolute atomic E-state index is 0.150. The summed E-state index contributed by atoms with van der Waals surface area (Å²) in [6.45, 7) is 16.9. The Bertz CT molecular complexity index is 483. The average Bonchev–Trinajstić information content (AvgIpc) is 2.64. The molecule has 0 saturated carbocycles. The van der Waals surface area contributed by atoms with Gasteiger partial charge in [0.05, 0.1) is 12.7 Å². The fourth-order valence-electron chi connectivity index (χ4n) is 3.04. The molecule has 0 saturated heterocycles. The van der Waals surface area contributed by atoms with Gasteiger partial charge < -0.3 is 19.7 Å². The SMILES string of the molecule is CCCCN(CCCC)CCCNCc1ccc(OC(C)C)c(OCC)c1. The molecule has 1 N–H and O–H groups in total. The summed E-state index contributed by atoms with van der Waals surface area (Å²) in [6, 6.07) is 6.25. The standard InChI is InChI=1S/C23H42N2O2/c1-6-9-15-25(16-10-7-2)17-11-14-24-19-21-12-13-22(27-20(4)5)23(18-21)26-8-3/h12-13,18,20,24H,6-11,14-17,19H2,1-5H3. The van der Waals surface area contributed by atoms with Crippen molar-refractivity contribution in [1.82, 2.24) is 10.2 Å². The molecule has 0 aliphatic carbocycles. The quantitative estimate of drug-likeness (QED) is 0.398. The summed E-state index contributed by atoms with van der Waals surface area (Å²) >= 11 is 0. The Kier molecular flexibility index (Phi) is 13.0. The van der Waals surface area contributed by atoms with Gasteiger partial charge in [-0.1, -0.05) is 32.8 Å². The predicted molar refractivity (Wildman–Crippen MR) is 116 cm³/mol. The molecule has 0 aliphatic rings. The zero-order valence-corrected chi connectivity index (χ0v) is 18.4. The number of nitrogens with one attached hydrogen (secondary N) is 1. The third-order valence-corrected chi connectivity index (χ3v) is 4.48. The smallest absolute Gasteiger partial charge is 0.161 e. The monoisotopic (exact) mass is 378 g/mol. The Morgan fingerprint density at radius 3 is 2.19 bits per heavy atom. The second-order valence-electron chi connectivity index (χ2n) is 7.46. The number of nitrogens with zero attached hydrogens (tertiary/aromatic N) is 1. The van der Waals surface area contributed by atoms with Gasteiger partial charge in [0, 0.05) is 6.54 Å².